The molecule has 0 aliphatic carbocycles. The maximum Gasteiger partial charge on any atom is 0.329 e. The van der Waals surface area contributed by atoms with E-state index in [1.807, 2.05) is 24.3 Å². The average Bonchev–Trinajstić information content (AvgIpc) is 2.87. The maximum atomic E-state index is 12.5. The number of hydrazone groups is 1. The second kappa shape index (κ2) is 11.1. The summed E-state index contributed by atoms with van der Waals surface area (Å²) in [5.74, 6) is 0.697. The number of methoxy groups -OCH3 is 4. The van der Waals surface area contributed by atoms with Crippen molar-refractivity contribution < 1.29 is 28.5 Å². The third kappa shape index (κ3) is 5.46. The van der Waals surface area contributed by atoms with Crippen LogP contribution >= 0.6 is 0 Å². The zero-order valence-corrected chi connectivity index (χ0v) is 19.2. The highest BCUT2D eigenvalue weighted by Gasteiger charge is 2.27. The highest BCUT2D eigenvalue weighted by molar-refractivity contribution is 6.35. The number of hydrogen-bond acceptors (Lipinski definition) is 8. The van der Waals surface area contributed by atoms with Crippen molar-refractivity contribution in [2.75, 3.05) is 59.5 Å². The van der Waals surface area contributed by atoms with E-state index in [4.69, 9.17) is 18.9 Å². The zero-order chi connectivity index (χ0) is 23.8. The van der Waals surface area contributed by atoms with E-state index < -0.39 is 11.8 Å². The first-order chi connectivity index (χ1) is 16.0. The summed E-state index contributed by atoms with van der Waals surface area (Å²) in [6.45, 7) is 2.02. The van der Waals surface area contributed by atoms with Crippen LogP contribution in [0.1, 0.15) is 5.56 Å². The molecule has 1 fully saturated rings. The molecule has 0 bridgehead atoms. The van der Waals surface area contributed by atoms with Crippen molar-refractivity contribution in [1.29, 1.82) is 0 Å². The number of ether oxygens (including phenoxy) is 4. The standard InChI is InChI=1S/C23H28N4O6/c1-30-18-8-6-5-7-17(18)26-9-11-27(12-10-26)23(29)22(28)25-24-15-16-13-19(31-2)21(33-4)20(14-16)32-3/h5-8,13-15H,9-12H2,1-4H3,(H,25,28)/b24-15-. The Morgan fingerprint density at radius 3 is 2.06 bits per heavy atom. The SMILES string of the molecule is COc1ccccc1N1CCN(C(=O)C(=O)N/N=C\c2cc(OC)c(OC)c(OC)c2)CC1. The molecule has 2 aromatic rings. The summed E-state index contributed by atoms with van der Waals surface area (Å²) in [7, 11) is 6.15. The summed E-state index contributed by atoms with van der Waals surface area (Å²) in [4.78, 5) is 28.5. The molecule has 0 saturated carbocycles. The summed E-state index contributed by atoms with van der Waals surface area (Å²) in [5.41, 5.74) is 3.85. The number of amides is 2. The van der Waals surface area contributed by atoms with E-state index in [1.165, 1.54) is 32.4 Å². The molecular weight excluding hydrogens is 428 g/mol. The molecule has 0 atom stereocenters. The second-order valence-corrected chi connectivity index (χ2v) is 7.11. The molecule has 33 heavy (non-hydrogen) atoms. The third-order valence-corrected chi connectivity index (χ3v) is 5.25. The Bertz CT molecular complexity index is 993. The number of rotatable bonds is 7. The number of nitrogens with one attached hydrogen (secondary N) is 1. The molecule has 0 aromatic heterocycles. The second-order valence-electron chi connectivity index (χ2n) is 7.11. The molecule has 2 aromatic carbocycles. The largest absolute Gasteiger partial charge is 0.495 e. The van der Waals surface area contributed by atoms with Gasteiger partial charge in [-0.25, -0.2) is 5.43 Å². The number of para-hydroxylation sites is 2. The quantitative estimate of drug-likeness (QED) is 0.383. The van der Waals surface area contributed by atoms with Crippen LogP contribution in [0.2, 0.25) is 0 Å². The number of carbonyl (C=O) groups excluding carboxylic acids is 2. The van der Waals surface area contributed by atoms with Gasteiger partial charge in [-0.2, -0.15) is 5.10 Å². The van der Waals surface area contributed by atoms with E-state index in [9.17, 15) is 9.59 Å². The minimum Gasteiger partial charge on any atom is -0.495 e. The lowest BCUT2D eigenvalue weighted by Gasteiger charge is -2.36. The highest BCUT2D eigenvalue weighted by atomic mass is 16.5. The Morgan fingerprint density at radius 1 is 0.879 bits per heavy atom. The first kappa shape index (κ1) is 23.7. The lowest BCUT2D eigenvalue weighted by atomic mass is 10.2. The van der Waals surface area contributed by atoms with Crippen LogP contribution in [0.15, 0.2) is 41.5 Å². The van der Waals surface area contributed by atoms with Crippen molar-refractivity contribution in [2.45, 2.75) is 0 Å². The van der Waals surface area contributed by atoms with Gasteiger partial charge in [0.05, 0.1) is 40.3 Å². The normalized spacial score (nSPS) is 13.6. The van der Waals surface area contributed by atoms with Crippen LogP contribution in [0.25, 0.3) is 0 Å². The van der Waals surface area contributed by atoms with Crippen molar-refractivity contribution in [3.63, 3.8) is 0 Å². The topological polar surface area (TPSA) is 102 Å². The minimum atomic E-state index is -0.801. The van der Waals surface area contributed by atoms with Crippen molar-refractivity contribution in [3.05, 3.63) is 42.0 Å². The fourth-order valence-corrected chi connectivity index (χ4v) is 3.57. The van der Waals surface area contributed by atoms with Gasteiger partial charge in [-0.05, 0) is 24.3 Å². The number of benzene rings is 2. The number of hydrogen-bond donors (Lipinski definition) is 1. The van der Waals surface area contributed by atoms with E-state index in [-0.39, 0.29) is 0 Å². The Balaban J connectivity index is 1.57. The molecule has 1 N–H and O–H groups in total. The summed E-state index contributed by atoms with van der Waals surface area (Å²) in [5, 5.41) is 3.90. The lowest BCUT2D eigenvalue weighted by molar-refractivity contribution is -0.146. The van der Waals surface area contributed by atoms with Gasteiger partial charge in [0.2, 0.25) is 5.75 Å². The van der Waals surface area contributed by atoms with Crippen LogP contribution in [-0.2, 0) is 9.59 Å². The van der Waals surface area contributed by atoms with E-state index in [0.717, 1.165) is 11.4 Å². The number of anilines is 1. The molecule has 0 unspecified atom stereocenters. The highest BCUT2D eigenvalue weighted by Crippen LogP contribution is 2.37. The van der Waals surface area contributed by atoms with Gasteiger partial charge >= 0.3 is 11.8 Å². The summed E-state index contributed by atoms with van der Waals surface area (Å²) < 4.78 is 21.3. The molecular formula is C23H28N4O6. The molecule has 3 rings (SSSR count). The molecule has 0 radical (unpaired) electrons. The molecule has 176 valence electrons. The minimum absolute atomic E-state index is 0.418. The first-order valence-electron chi connectivity index (χ1n) is 10.3. The molecule has 1 heterocycles. The van der Waals surface area contributed by atoms with E-state index >= 15 is 0 Å². The molecule has 10 heteroatoms. The van der Waals surface area contributed by atoms with Gasteiger partial charge < -0.3 is 28.7 Å². The van der Waals surface area contributed by atoms with E-state index in [2.05, 4.69) is 15.4 Å². The molecule has 1 saturated heterocycles. The maximum absolute atomic E-state index is 12.5. The van der Waals surface area contributed by atoms with Crippen LogP contribution in [0, 0.1) is 0 Å². The van der Waals surface area contributed by atoms with Crippen LogP contribution < -0.4 is 29.3 Å². The Hall–Kier alpha value is -3.95. The number of carbonyl (C=O) groups is 2. The van der Waals surface area contributed by atoms with Gasteiger partial charge in [0.15, 0.2) is 11.5 Å². The van der Waals surface area contributed by atoms with Crippen molar-refractivity contribution in [1.82, 2.24) is 10.3 Å². The van der Waals surface area contributed by atoms with Crippen LogP contribution in [0.3, 0.4) is 0 Å². The van der Waals surface area contributed by atoms with E-state index in [0.29, 0.717) is 49.0 Å². The number of nitrogens with zero attached hydrogens (tertiary/aromatic N) is 3. The monoisotopic (exact) mass is 456 g/mol. The third-order valence-electron chi connectivity index (χ3n) is 5.25. The van der Waals surface area contributed by atoms with Crippen molar-refractivity contribution in [2.24, 2.45) is 5.10 Å². The van der Waals surface area contributed by atoms with Crippen LogP contribution in [0.5, 0.6) is 23.0 Å². The zero-order valence-electron chi connectivity index (χ0n) is 19.2. The number of piperazine rings is 1. The summed E-state index contributed by atoms with van der Waals surface area (Å²) in [6, 6.07) is 11.1. The van der Waals surface area contributed by atoms with Crippen LogP contribution in [0.4, 0.5) is 5.69 Å². The van der Waals surface area contributed by atoms with Gasteiger partial charge in [-0.3, -0.25) is 9.59 Å². The molecule has 2 amide bonds. The smallest absolute Gasteiger partial charge is 0.329 e. The fourth-order valence-electron chi connectivity index (χ4n) is 3.57. The predicted octanol–water partition coefficient (Wildman–Crippen LogP) is 1.52. The van der Waals surface area contributed by atoms with Gasteiger partial charge in [-0.15, -0.1) is 0 Å². The molecule has 1 aliphatic rings. The van der Waals surface area contributed by atoms with Crippen molar-refractivity contribution in [3.8, 4) is 23.0 Å². The molecule has 10 nitrogen and oxygen atoms in total. The molecule has 1 aliphatic heterocycles. The fraction of sp³-hybridized carbons (Fsp3) is 0.348. The van der Waals surface area contributed by atoms with Gasteiger partial charge in [0.25, 0.3) is 0 Å². The Labute approximate surface area is 192 Å². The predicted molar refractivity (Wildman–Crippen MR) is 124 cm³/mol. The van der Waals surface area contributed by atoms with Crippen molar-refractivity contribution >= 4 is 23.7 Å². The average molecular weight is 456 g/mol. The van der Waals surface area contributed by atoms with E-state index in [1.54, 1.807) is 19.2 Å². The van der Waals surface area contributed by atoms with Crippen LogP contribution in [-0.4, -0.2) is 77.5 Å². The summed E-state index contributed by atoms with van der Waals surface area (Å²) >= 11 is 0. The Morgan fingerprint density at radius 2 is 1.48 bits per heavy atom. The van der Waals surface area contributed by atoms with Gasteiger partial charge in [-0.1, -0.05) is 12.1 Å². The summed E-state index contributed by atoms with van der Waals surface area (Å²) in [6.07, 6.45) is 1.40. The van der Waals surface area contributed by atoms with Gasteiger partial charge in [0.1, 0.15) is 5.75 Å². The first-order valence-corrected chi connectivity index (χ1v) is 10.3. The Kier molecular flexibility index (Phi) is 7.96. The lowest BCUT2D eigenvalue weighted by Crippen LogP contribution is -2.52. The van der Waals surface area contributed by atoms with Gasteiger partial charge in [0, 0.05) is 31.7 Å². The molecule has 0 spiro atoms.